The van der Waals surface area contributed by atoms with E-state index in [0.717, 1.165) is 0 Å². The fraction of sp³-hybridized carbons (Fsp3) is 0.909. The van der Waals surface area contributed by atoms with Crippen molar-refractivity contribution < 1.29 is 23.1 Å². The number of hydrogen-bond donors (Lipinski definition) is 1. The first-order valence-electron chi connectivity index (χ1n) is 6.01. The standard InChI is InChI=1S/C11H21NO5S/c1-8-6-12(7-10(8)11(13)14)18(15,16)9(2)4-5-17-3/h8-10H,4-7H2,1-3H3,(H,13,14)/t8-,9?,10-/m1/s1. The molecule has 1 heterocycles. The van der Waals surface area contributed by atoms with Gasteiger partial charge in [-0.25, -0.2) is 12.7 Å². The molecule has 0 spiro atoms. The van der Waals surface area contributed by atoms with Crippen LogP contribution in [0, 0.1) is 11.8 Å². The molecular formula is C11H21NO5S. The number of ether oxygens (including phenoxy) is 1. The monoisotopic (exact) mass is 279 g/mol. The number of sulfonamides is 1. The van der Waals surface area contributed by atoms with E-state index in [1.165, 1.54) is 11.4 Å². The van der Waals surface area contributed by atoms with E-state index < -0.39 is 27.2 Å². The first-order valence-corrected chi connectivity index (χ1v) is 7.51. The molecule has 1 rings (SSSR count). The third-order valence-electron chi connectivity index (χ3n) is 3.49. The minimum absolute atomic E-state index is 0.0795. The maximum Gasteiger partial charge on any atom is 0.308 e. The van der Waals surface area contributed by atoms with Crippen molar-refractivity contribution in [1.29, 1.82) is 0 Å². The Balaban J connectivity index is 2.73. The first kappa shape index (κ1) is 15.4. The van der Waals surface area contributed by atoms with Crippen molar-refractivity contribution in [3.8, 4) is 0 Å². The van der Waals surface area contributed by atoms with E-state index in [2.05, 4.69) is 0 Å². The van der Waals surface area contributed by atoms with Gasteiger partial charge in [0.2, 0.25) is 10.0 Å². The van der Waals surface area contributed by atoms with Gasteiger partial charge in [0, 0.05) is 26.8 Å². The average Bonchev–Trinajstić information content (AvgIpc) is 2.68. The lowest BCUT2D eigenvalue weighted by Crippen LogP contribution is -2.37. The lowest BCUT2D eigenvalue weighted by Gasteiger charge is -2.21. The molecule has 0 bridgehead atoms. The molecule has 0 aromatic carbocycles. The van der Waals surface area contributed by atoms with Gasteiger partial charge in [0.05, 0.1) is 11.2 Å². The van der Waals surface area contributed by atoms with E-state index in [0.29, 0.717) is 13.0 Å². The molecule has 1 unspecified atom stereocenters. The molecule has 18 heavy (non-hydrogen) atoms. The number of aliphatic carboxylic acids is 1. The Morgan fingerprint density at radius 2 is 2.11 bits per heavy atom. The highest BCUT2D eigenvalue weighted by molar-refractivity contribution is 7.89. The fourth-order valence-corrected chi connectivity index (χ4v) is 3.85. The third-order valence-corrected chi connectivity index (χ3v) is 5.76. The van der Waals surface area contributed by atoms with Gasteiger partial charge in [0.25, 0.3) is 0 Å². The Kier molecular flexibility index (Phi) is 5.12. The van der Waals surface area contributed by atoms with Crippen LogP contribution in [0.2, 0.25) is 0 Å². The van der Waals surface area contributed by atoms with Gasteiger partial charge in [-0.1, -0.05) is 6.92 Å². The molecule has 0 amide bonds. The van der Waals surface area contributed by atoms with E-state index in [1.54, 1.807) is 13.8 Å². The van der Waals surface area contributed by atoms with Crippen LogP contribution < -0.4 is 0 Å². The van der Waals surface area contributed by atoms with Crippen molar-refractivity contribution in [2.45, 2.75) is 25.5 Å². The van der Waals surface area contributed by atoms with Crippen LogP contribution in [-0.2, 0) is 19.6 Å². The van der Waals surface area contributed by atoms with Crippen molar-refractivity contribution in [1.82, 2.24) is 4.31 Å². The van der Waals surface area contributed by atoms with Crippen molar-refractivity contribution >= 4 is 16.0 Å². The second-order valence-corrected chi connectivity index (χ2v) is 7.23. The molecule has 7 heteroatoms. The van der Waals surface area contributed by atoms with Gasteiger partial charge in [-0.2, -0.15) is 0 Å². The Morgan fingerprint density at radius 3 is 2.56 bits per heavy atom. The molecule has 0 saturated carbocycles. The molecule has 1 aliphatic rings. The summed E-state index contributed by atoms with van der Waals surface area (Å²) in [5.41, 5.74) is 0. The average molecular weight is 279 g/mol. The zero-order valence-corrected chi connectivity index (χ0v) is 11.8. The maximum atomic E-state index is 12.2. The SMILES string of the molecule is COCCC(C)S(=O)(=O)N1C[C@@H](C)[C@H](C(=O)O)C1. The number of methoxy groups -OCH3 is 1. The van der Waals surface area contributed by atoms with Crippen LogP contribution in [0.3, 0.4) is 0 Å². The molecule has 0 aromatic rings. The second kappa shape index (κ2) is 5.99. The van der Waals surface area contributed by atoms with E-state index >= 15 is 0 Å². The Morgan fingerprint density at radius 1 is 1.50 bits per heavy atom. The minimum Gasteiger partial charge on any atom is -0.481 e. The van der Waals surface area contributed by atoms with Crippen LogP contribution in [0.25, 0.3) is 0 Å². The summed E-state index contributed by atoms with van der Waals surface area (Å²) in [6.45, 7) is 4.15. The maximum absolute atomic E-state index is 12.2. The summed E-state index contributed by atoms with van der Waals surface area (Å²) in [5.74, 6) is -1.67. The molecule has 0 aliphatic carbocycles. The molecule has 3 atom stereocenters. The highest BCUT2D eigenvalue weighted by Gasteiger charge is 2.41. The molecule has 1 fully saturated rings. The van der Waals surface area contributed by atoms with Gasteiger partial charge >= 0.3 is 5.97 Å². The smallest absolute Gasteiger partial charge is 0.308 e. The van der Waals surface area contributed by atoms with Crippen molar-refractivity contribution in [2.24, 2.45) is 11.8 Å². The molecule has 1 aliphatic heterocycles. The van der Waals surface area contributed by atoms with Crippen LogP contribution in [0.4, 0.5) is 0 Å². The molecule has 6 nitrogen and oxygen atoms in total. The number of carbonyl (C=O) groups is 1. The summed E-state index contributed by atoms with van der Waals surface area (Å²) in [5, 5.41) is 8.46. The van der Waals surface area contributed by atoms with Gasteiger partial charge in [-0.3, -0.25) is 4.79 Å². The highest BCUT2D eigenvalue weighted by atomic mass is 32.2. The van der Waals surface area contributed by atoms with Crippen LogP contribution in [0.1, 0.15) is 20.3 Å². The topological polar surface area (TPSA) is 83.9 Å². The third kappa shape index (κ3) is 3.21. The number of carboxylic acids is 1. The van der Waals surface area contributed by atoms with Gasteiger partial charge < -0.3 is 9.84 Å². The van der Waals surface area contributed by atoms with Crippen LogP contribution >= 0.6 is 0 Å². The number of carboxylic acid groups (broad SMARTS) is 1. The molecule has 1 N–H and O–H groups in total. The van der Waals surface area contributed by atoms with Crippen molar-refractivity contribution in [3.05, 3.63) is 0 Å². The molecule has 0 aromatic heterocycles. The summed E-state index contributed by atoms with van der Waals surface area (Å²) in [4.78, 5) is 11.0. The summed E-state index contributed by atoms with van der Waals surface area (Å²) in [7, 11) is -1.89. The van der Waals surface area contributed by atoms with Crippen molar-refractivity contribution in [2.75, 3.05) is 26.8 Å². The normalized spacial score (nSPS) is 27.3. The molecule has 1 saturated heterocycles. The number of nitrogens with zero attached hydrogens (tertiary/aromatic N) is 1. The van der Waals surface area contributed by atoms with E-state index in [-0.39, 0.29) is 19.0 Å². The largest absolute Gasteiger partial charge is 0.481 e. The van der Waals surface area contributed by atoms with Gasteiger partial charge in [-0.05, 0) is 19.3 Å². The Bertz CT molecular complexity index is 394. The first-order chi connectivity index (χ1) is 8.30. The van der Waals surface area contributed by atoms with E-state index in [4.69, 9.17) is 9.84 Å². The number of hydrogen-bond acceptors (Lipinski definition) is 4. The van der Waals surface area contributed by atoms with Gasteiger partial charge in [0.1, 0.15) is 0 Å². The van der Waals surface area contributed by atoms with Crippen LogP contribution in [0.15, 0.2) is 0 Å². The summed E-state index contributed by atoms with van der Waals surface area (Å²) in [6.07, 6.45) is 0.418. The second-order valence-electron chi connectivity index (χ2n) is 4.88. The predicted molar refractivity (Wildman–Crippen MR) is 66.7 cm³/mol. The van der Waals surface area contributed by atoms with E-state index in [9.17, 15) is 13.2 Å². The number of rotatable bonds is 6. The molecule has 0 radical (unpaired) electrons. The zero-order chi connectivity index (χ0) is 13.9. The highest BCUT2D eigenvalue weighted by Crippen LogP contribution is 2.27. The summed E-state index contributed by atoms with van der Waals surface area (Å²) < 4.78 is 30.6. The lowest BCUT2D eigenvalue weighted by atomic mass is 9.99. The van der Waals surface area contributed by atoms with Crippen LogP contribution in [-0.4, -0.2) is 55.9 Å². The van der Waals surface area contributed by atoms with Gasteiger partial charge in [0.15, 0.2) is 0 Å². The van der Waals surface area contributed by atoms with Gasteiger partial charge in [-0.15, -0.1) is 0 Å². The molecule has 106 valence electrons. The van der Waals surface area contributed by atoms with Crippen molar-refractivity contribution in [3.63, 3.8) is 0 Å². The van der Waals surface area contributed by atoms with E-state index in [1.807, 2.05) is 0 Å². The minimum atomic E-state index is -3.42. The zero-order valence-electron chi connectivity index (χ0n) is 11.0. The van der Waals surface area contributed by atoms with Crippen LogP contribution in [0.5, 0.6) is 0 Å². The Hall–Kier alpha value is -0.660. The lowest BCUT2D eigenvalue weighted by molar-refractivity contribution is -0.142. The summed E-state index contributed by atoms with van der Waals surface area (Å²) in [6, 6.07) is 0. The quantitative estimate of drug-likeness (QED) is 0.760. The summed E-state index contributed by atoms with van der Waals surface area (Å²) >= 11 is 0. The fourth-order valence-electron chi connectivity index (χ4n) is 2.14. The Labute approximate surface area is 108 Å². The predicted octanol–water partition coefficient (Wildman–Crippen LogP) is 0.394. The molecular weight excluding hydrogens is 258 g/mol.